The first-order valence-corrected chi connectivity index (χ1v) is 19.5. The van der Waals surface area contributed by atoms with Gasteiger partial charge in [-0.1, -0.05) is 113 Å². The Morgan fingerprint density at radius 2 is 1.39 bits per heavy atom. The van der Waals surface area contributed by atoms with E-state index in [4.69, 9.17) is 10.5 Å². The van der Waals surface area contributed by atoms with Gasteiger partial charge in [-0.25, -0.2) is 4.79 Å². The quantitative estimate of drug-likeness (QED) is 0.108. The van der Waals surface area contributed by atoms with E-state index in [1.165, 1.54) is 7.11 Å². The van der Waals surface area contributed by atoms with E-state index < -0.39 is 70.8 Å². The van der Waals surface area contributed by atoms with Crippen molar-refractivity contribution in [1.82, 2.24) is 26.6 Å². The third-order valence-electron chi connectivity index (χ3n) is 10.2. The van der Waals surface area contributed by atoms with Crippen molar-refractivity contribution < 1.29 is 33.5 Å². The summed E-state index contributed by atoms with van der Waals surface area (Å²) in [5.41, 5.74) is 6.03. The summed E-state index contributed by atoms with van der Waals surface area (Å²) in [4.78, 5) is 80.4. The molecule has 1 aliphatic carbocycles. The van der Waals surface area contributed by atoms with E-state index in [0.717, 1.165) is 5.56 Å². The van der Waals surface area contributed by atoms with Gasteiger partial charge < -0.3 is 37.1 Å². The Labute approximate surface area is 322 Å². The number of benzene rings is 1. The predicted octanol–water partition coefficient (Wildman–Crippen LogP) is 3.70. The van der Waals surface area contributed by atoms with E-state index in [1.807, 2.05) is 92.6 Å². The highest BCUT2D eigenvalue weighted by atomic mass is 16.5. The van der Waals surface area contributed by atoms with Crippen LogP contribution in [-0.4, -0.2) is 78.4 Å². The first-order valence-electron chi connectivity index (χ1n) is 19.5. The number of carbonyl (C=O) groups is 6. The van der Waals surface area contributed by atoms with Crippen LogP contribution in [-0.2, 0) is 33.5 Å². The average molecular weight is 757 g/mol. The molecule has 1 saturated carbocycles. The smallest absolute Gasteiger partial charge is 0.328 e. The third-order valence-corrected chi connectivity index (χ3v) is 10.2. The molecule has 0 saturated heterocycles. The van der Waals surface area contributed by atoms with Gasteiger partial charge in [0.25, 0.3) is 0 Å². The zero-order valence-electron chi connectivity index (χ0n) is 34.6. The Balaban J connectivity index is 2.37. The Morgan fingerprint density at radius 3 is 1.89 bits per heavy atom. The maximum absolute atomic E-state index is 14.3. The second-order valence-electron chi connectivity index (χ2n) is 17.3. The van der Waals surface area contributed by atoms with Gasteiger partial charge >= 0.3 is 5.97 Å². The highest BCUT2D eigenvalue weighted by Gasteiger charge is 2.60. The monoisotopic (exact) mass is 757 g/mol. The summed E-state index contributed by atoms with van der Waals surface area (Å²) in [5, 5.41) is 14.6. The van der Waals surface area contributed by atoms with Gasteiger partial charge in [0, 0.05) is 24.8 Å². The van der Waals surface area contributed by atoms with Crippen LogP contribution in [0.15, 0.2) is 30.3 Å². The minimum absolute atomic E-state index is 0.1000. The molecule has 1 aromatic carbocycles. The van der Waals surface area contributed by atoms with Crippen LogP contribution in [0.25, 0.3) is 0 Å². The molecule has 0 bridgehead atoms. The van der Waals surface area contributed by atoms with Crippen LogP contribution in [0.4, 0.5) is 0 Å². The van der Waals surface area contributed by atoms with Crippen molar-refractivity contribution >= 4 is 35.5 Å². The predicted molar refractivity (Wildman–Crippen MR) is 210 cm³/mol. The molecule has 7 N–H and O–H groups in total. The summed E-state index contributed by atoms with van der Waals surface area (Å²) >= 11 is 0. The number of hydrogen-bond acceptors (Lipinski definition) is 8. The molecule has 0 aliphatic heterocycles. The van der Waals surface area contributed by atoms with Crippen LogP contribution >= 0.6 is 0 Å². The van der Waals surface area contributed by atoms with Crippen molar-refractivity contribution in [2.75, 3.05) is 7.11 Å². The van der Waals surface area contributed by atoms with Gasteiger partial charge in [-0.15, -0.1) is 0 Å². The van der Waals surface area contributed by atoms with E-state index in [2.05, 4.69) is 26.6 Å². The lowest BCUT2D eigenvalue weighted by molar-refractivity contribution is -0.147. The van der Waals surface area contributed by atoms with Crippen molar-refractivity contribution in [2.24, 2.45) is 34.8 Å². The van der Waals surface area contributed by atoms with Gasteiger partial charge in [0.1, 0.15) is 24.2 Å². The van der Waals surface area contributed by atoms with Crippen molar-refractivity contribution in [3.05, 3.63) is 35.9 Å². The van der Waals surface area contributed by atoms with Gasteiger partial charge in [0.2, 0.25) is 29.5 Å². The molecule has 0 radical (unpaired) electrons. The summed E-state index contributed by atoms with van der Waals surface area (Å²) in [6.45, 7) is 20.6. The standard InChI is InChI=1S/C41H68N6O7/c1-13-26(8)34(37(51)45-33(25(6)7)39(53)54-12)44-32(49)21-30(42)41(22-28(41)27-17-15-14-16-18-27)47-38(52)35(40(9,10)11)46-36(50)29(19-23(2)3)43-31(48)20-24(4)5/h14-18,23-26,28-30,33-35H,13,19-22,42H2,1-12H3,(H,43,48)(H,44,49)(H,45,51)(H,46,50)(H,47,52)/t26-,28-,29-,30-,33-,34-,35+,41?/m0/s1. The number of ether oxygens (including phenoxy) is 1. The Bertz CT molecular complexity index is 1440. The van der Waals surface area contributed by atoms with Gasteiger partial charge in [-0.2, -0.15) is 0 Å². The van der Waals surface area contributed by atoms with Crippen LogP contribution in [0, 0.1) is 29.1 Å². The maximum atomic E-state index is 14.3. The number of rotatable bonds is 20. The number of hydrogen-bond donors (Lipinski definition) is 6. The van der Waals surface area contributed by atoms with E-state index in [1.54, 1.807) is 13.8 Å². The molecule has 1 unspecified atom stereocenters. The molecule has 304 valence electrons. The molecule has 2 rings (SSSR count). The Kier molecular flexibility index (Phi) is 17.2. The molecule has 1 aliphatic rings. The Morgan fingerprint density at radius 1 is 0.796 bits per heavy atom. The normalized spacial score (nSPS) is 20.2. The zero-order valence-corrected chi connectivity index (χ0v) is 34.6. The van der Waals surface area contributed by atoms with Crippen molar-refractivity contribution in [2.45, 2.75) is 150 Å². The highest BCUT2D eigenvalue weighted by molar-refractivity contribution is 5.93. The van der Waals surface area contributed by atoms with Crippen LogP contribution in [0.5, 0.6) is 0 Å². The zero-order chi connectivity index (χ0) is 41.1. The van der Waals surface area contributed by atoms with Crippen molar-refractivity contribution in [3.63, 3.8) is 0 Å². The number of nitrogens with two attached hydrogens (primary N) is 1. The molecular weight excluding hydrogens is 688 g/mol. The fraction of sp³-hybridized carbons (Fsp3) is 0.707. The highest BCUT2D eigenvalue weighted by Crippen LogP contribution is 2.54. The van der Waals surface area contributed by atoms with Crippen LogP contribution < -0.4 is 32.3 Å². The van der Waals surface area contributed by atoms with E-state index in [9.17, 15) is 28.8 Å². The SMILES string of the molecule is CC[C@H](C)[C@H](NC(=O)C[C@H](N)C1(NC(=O)[C@@H](NC(=O)[C@H](CC(C)C)NC(=O)CC(C)C)C(C)(C)C)C[C@H]1c1ccccc1)C(=O)N[C@H](C(=O)OC)C(C)C. The van der Waals surface area contributed by atoms with Crippen LogP contribution in [0.1, 0.15) is 120 Å². The largest absolute Gasteiger partial charge is 0.467 e. The van der Waals surface area contributed by atoms with E-state index in [0.29, 0.717) is 19.3 Å². The molecule has 54 heavy (non-hydrogen) atoms. The minimum atomic E-state index is -1.03. The molecule has 0 spiro atoms. The summed E-state index contributed by atoms with van der Waals surface area (Å²) in [7, 11) is 1.25. The average Bonchev–Trinajstić information content (AvgIpc) is 3.81. The molecule has 0 aromatic heterocycles. The third kappa shape index (κ3) is 13.1. The molecule has 0 heterocycles. The molecule has 8 atom stereocenters. The van der Waals surface area contributed by atoms with Gasteiger partial charge in [-0.3, -0.25) is 24.0 Å². The lowest BCUT2D eigenvalue weighted by Gasteiger charge is -2.35. The second-order valence-corrected chi connectivity index (χ2v) is 17.3. The van der Waals surface area contributed by atoms with Crippen molar-refractivity contribution in [3.8, 4) is 0 Å². The lowest BCUT2D eigenvalue weighted by atomic mass is 9.85. The van der Waals surface area contributed by atoms with Crippen LogP contribution in [0.2, 0.25) is 0 Å². The summed E-state index contributed by atoms with van der Waals surface area (Å²) in [6.07, 6.45) is 1.48. The fourth-order valence-corrected chi connectivity index (χ4v) is 6.75. The fourth-order valence-electron chi connectivity index (χ4n) is 6.75. The minimum Gasteiger partial charge on any atom is -0.467 e. The molecule has 13 heteroatoms. The molecule has 1 aromatic rings. The number of amides is 5. The molecule has 1 fully saturated rings. The topological polar surface area (TPSA) is 198 Å². The summed E-state index contributed by atoms with van der Waals surface area (Å²) in [6, 6.07) is 5.04. The van der Waals surface area contributed by atoms with Crippen molar-refractivity contribution in [1.29, 1.82) is 0 Å². The maximum Gasteiger partial charge on any atom is 0.328 e. The first kappa shape index (κ1) is 46.2. The summed E-state index contributed by atoms with van der Waals surface area (Å²) < 4.78 is 4.88. The van der Waals surface area contributed by atoms with Gasteiger partial charge in [-0.05, 0) is 47.5 Å². The number of nitrogens with one attached hydrogen (secondary N) is 5. The first-order chi connectivity index (χ1) is 25.1. The molecular formula is C41H68N6O7. The van der Waals surface area contributed by atoms with E-state index >= 15 is 0 Å². The van der Waals surface area contributed by atoms with Gasteiger partial charge in [0.05, 0.1) is 12.6 Å². The lowest BCUT2D eigenvalue weighted by Crippen LogP contribution is -2.62. The number of methoxy groups -OCH3 is 1. The molecule has 5 amide bonds. The number of carbonyl (C=O) groups excluding carboxylic acids is 6. The second kappa shape index (κ2) is 20.1. The summed E-state index contributed by atoms with van der Waals surface area (Å²) in [5.74, 6) is -3.23. The Hall–Kier alpha value is -4.00. The van der Waals surface area contributed by atoms with E-state index in [-0.39, 0.29) is 48.3 Å². The number of esters is 1. The van der Waals surface area contributed by atoms with Crippen LogP contribution in [0.3, 0.4) is 0 Å². The molecule has 13 nitrogen and oxygen atoms in total. The van der Waals surface area contributed by atoms with Gasteiger partial charge in [0.15, 0.2) is 0 Å².